The maximum Gasteiger partial charge on any atom is 0.122 e. The van der Waals surface area contributed by atoms with Crippen molar-refractivity contribution in [2.45, 2.75) is 19.8 Å². The van der Waals surface area contributed by atoms with Crippen LogP contribution < -0.4 is 4.74 Å². The van der Waals surface area contributed by atoms with Gasteiger partial charge < -0.3 is 4.74 Å². The number of ether oxygens (including phenoxy) is 1. The molecule has 14 heavy (non-hydrogen) atoms. The zero-order valence-corrected chi connectivity index (χ0v) is 11.6. The summed E-state index contributed by atoms with van der Waals surface area (Å²) in [5.41, 5.74) is 1.25. The Kier molecular flexibility index (Phi) is 4.96. The molecule has 3 heteroatoms. The predicted molar refractivity (Wildman–Crippen MR) is 67.5 cm³/mol. The Morgan fingerprint density at radius 3 is 2.64 bits per heavy atom. The van der Waals surface area contributed by atoms with Crippen LogP contribution in [0.25, 0.3) is 0 Å². The molecule has 0 amide bonds. The van der Waals surface area contributed by atoms with Gasteiger partial charge >= 0.3 is 0 Å². The highest BCUT2D eigenvalue weighted by atomic mass is 79.9. The first-order chi connectivity index (χ1) is 6.65. The lowest BCUT2D eigenvalue weighted by molar-refractivity contribution is 0.340. The zero-order chi connectivity index (χ0) is 10.6. The molecule has 1 rings (SSSR count). The molecule has 1 nitrogen and oxygen atoms in total. The third kappa shape index (κ3) is 3.28. The number of hydrogen-bond acceptors (Lipinski definition) is 1. The van der Waals surface area contributed by atoms with Crippen LogP contribution in [0.2, 0.25) is 0 Å². The van der Waals surface area contributed by atoms with Crippen molar-refractivity contribution in [2.75, 3.05) is 11.9 Å². The molecule has 0 saturated carbocycles. The van der Waals surface area contributed by atoms with E-state index in [9.17, 15) is 0 Å². The molecule has 0 unspecified atom stereocenters. The van der Waals surface area contributed by atoms with Crippen LogP contribution in [0.3, 0.4) is 0 Å². The van der Waals surface area contributed by atoms with Crippen LogP contribution in [0.1, 0.15) is 25.3 Å². The van der Waals surface area contributed by atoms with Gasteiger partial charge in [-0.2, -0.15) is 0 Å². The lowest BCUT2D eigenvalue weighted by Gasteiger charge is -2.13. The molecule has 0 bridgehead atoms. The molecule has 0 saturated heterocycles. The average molecular weight is 322 g/mol. The average Bonchev–Trinajstić information content (AvgIpc) is 2.15. The molecular weight excluding hydrogens is 308 g/mol. The third-order valence-electron chi connectivity index (χ3n) is 1.93. The van der Waals surface area contributed by atoms with Crippen molar-refractivity contribution in [3.05, 3.63) is 28.2 Å². The highest BCUT2D eigenvalue weighted by Gasteiger charge is 2.07. The Labute approximate surface area is 102 Å². The van der Waals surface area contributed by atoms with E-state index in [1.54, 1.807) is 0 Å². The van der Waals surface area contributed by atoms with Gasteiger partial charge in [0.2, 0.25) is 0 Å². The van der Waals surface area contributed by atoms with Crippen LogP contribution in [-0.4, -0.2) is 11.9 Å². The van der Waals surface area contributed by atoms with Gasteiger partial charge in [0.15, 0.2) is 0 Å². The molecule has 78 valence electrons. The Morgan fingerprint density at radius 1 is 1.36 bits per heavy atom. The van der Waals surface area contributed by atoms with Gasteiger partial charge in [-0.05, 0) is 29.7 Å². The first kappa shape index (κ1) is 12.1. The molecule has 0 aliphatic rings. The highest BCUT2D eigenvalue weighted by Crippen LogP contribution is 2.29. The summed E-state index contributed by atoms with van der Waals surface area (Å²) < 4.78 is 6.74. The molecule has 0 aliphatic heterocycles. The largest absolute Gasteiger partial charge is 0.492 e. The third-order valence-corrected chi connectivity index (χ3v) is 2.75. The Balaban J connectivity index is 2.90. The molecule has 0 radical (unpaired) electrons. The van der Waals surface area contributed by atoms with E-state index in [0.717, 1.165) is 15.6 Å². The van der Waals surface area contributed by atoms with Gasteiger partial charge in [-0.3, -0.25) is 0 Å². The lowest BCUT2D eigenvalue weighted by atomic mass is 10.0. The normalized spacial score (nSPS) is 10.6. The number of halogens is 2. The molecule has 0 aliphatic carbocycles. The Bertz CT molecular complexity index is 297. The van der Waals surface area contributed by atoms with Crippen LogP contribution in [0, 0.1) is 0 Å². The Morgan fingerprint density at radius 2 is 2.07 bits per heavy atom. The molecule has 1 aromatic rings. The second kappa shape index (κ2) is 5.76. The Hall–Kier alpha value is -0.0200. The van der Waals surface area contributed by atoms with Gasteiger partial charge in [0.1, 0.15) is 5.75 Å². The van der Waals surface area contributed by atoms with E-state index in [2.05, 4.69) is 51.8 Å². The number of rotatable bonds is 4. The van der Waals surface area contributed by atoms with Gasteiger partial charge in [0.25, 0.3) is 0 Å². The minimum absolute atomic E-state index is 0.484. The smallest absolute Gasteiger partial charge is 0.122 e. The maximum absolute atomic E-state index is 5.63. The van der Waals surface area contributed by atoms with Crippen LogP contribution in [-0.2, 0) is 0 Å². The van der Waals surface area contributed by atoms with E-state index in [0.29, 0.717) is 12.5 Å². The van der Waals surface area contributed by atoms with Crippen molar-refractivity contribution in [3.8, 4) is 5.75 Å². The summed E-state index contributed by atoms with van der Waals surface area (Å²) in [5.74, 6) is 1.47. The minimum Gasteiger partial charge on any atom is -0.492 e. The number of alkyl halides is 1. The summed E-state index contributed by atoms with van der Waals surface area (Å²) in [5, 5.41) is 0.862. The molecular formula is C11H14Br2O. The molecule has 1 aromatic carbocycles. The summed E-state index contributed by atoms with van der Waals surface area (Å²) in [4.78, 5) is 0. The number of hydrogen-bond donors (Lipinski definition) is 0. The van der Waals surface area contributed by atoms with Gasteiger partial charge in [0.05, 0.1) is 6.61 Å². The van der Waals surface area contributed by atoms with Crippen molar-refractivity contribution in [1.29, 1.82) is 0 Å². The van der Waals surface area contributed by atoms with Crippen molar-refractivity contribution in [3.63, 3.8) is 0 Å². The van der Waals surface area contributed by atoms with E-state index in [1.807, 2.05) is 12.1 Å². The van der Waals surface area contributed by atoms with Crippen LogP contribution >= 0.6 is 31.9 Å². The molecule has 0 atom stereocenters. The highest BCUT2D eigenvalue weighted by molar-refractivity contribution is 9.10. The van der Waals surface area contributed by atoms with Crippen molar-refractivity contribution >= 4 is 31.9 Å². The topological polar surface area (TPSA) is 9.23 Å². The maximum atomic E-state index is 5.63. The van der Waals surface area contributed by atoms with Crippen molar-refractivity contribution in [1.82, 2.24) is 0 Å². The van der Waals surface area contributed by atoms with Gasteiger partial charge in [-0.15, -0.1) is 0 Å². The summed E-state index contributed by atoms with van der Waals surface area (Å²) >= 11 is 6.82. The SMILES string of the molecule is CC(C)c1cc(Br)ccc1OCCBr. The molecule has 0 heterocycles. The fourth-order valence-electron chi connectivity index (χ4n) is 1.25. The van der Waals surface area contributed by atoms with Crippen molar-refractivity contribution < 1.29 is 4.74 Å². The van der Waals surface area contributed by atoms with E-state index in [4.69, 9.17) is 4.74 Å². The van der Waals surface area contributed by atoms with Crippen LogP contribution in [0.4, 0.5) is 0 Å². The minimum atomic E-state index is 0.484. The van der Waals surface area contributed by atoms with Gasteiger partial charge in [0, 0.05) is 9.80 Å². The van der Waals surface area contributed by atoms with E-state index < -0.39 is 0 Å². The first-order valence-corrected chi connectivity index (χ1v) is 6.54. The van der Waals surface area contributed by atoms with Crippen LogP contribution in [0.15, 0.2) is 22.7 Å². The molecule has 0 fully saturated rings. The summed E-state index contributed by atoms with van der Waals surface area (Å²) in [6, 6.07) is 6.14. The summed E-state index contributed by atoms with van der Waals surface area (Å²) in [7, 11) is 0. The first-order valence-electron chi connectivity index (χ1n) is 4.63. The zero-order valence-electron chi connectivity index (χ0n) is 8.39. The fraction of sp³-hybridized carbons (Fsp3) is 0.455. The molecule has 0 N–H and O–H groups in total. The monoisotopic (exact) mass is 320 g/mol. The van der Waals surface area contributed by atoms with E-state index in [-0.39, 0.29) is 0 Å². The second-order valence-electron chi connectivity index (χ2n) is 3.37. The van der Waals surface area contributed by atoms with Crippen LogP contribution in [0.5, 0.6) is 5.75 Å². The standard InChI is InChI=1S/C11H14Br2O/c1-8(2)10-7-9(13)3-4-11(10)14-6-5-12/h3-4,7-8H,5-6H2,1-2H3. The summed E-state index contributed by atoms with van der Waals surface area (Å²) in [6.07, 6.45) is 0. The van der Waals surface area contributed by atoms with Crippen molar-refractivity contribution in [2.24, 2.45) is 0 Å². The van der Waals surface area contributed by atoms with E-state index >= 15 is 0 Å². The van der Waals surface area contributed by atoms with Gasteiger partial charge in [-0.25, -0.2) is 0 Å². The van der Waals surface area contributed by atoms with Gasteiger partial charge in [-0.1, -0.05) is 45.7 Å². The quantitative estimate of drug-likeness (QED) is 0.749. The predicted octanol–water partition coefficient (Wildman–Crippen LogP) is 4.35. The second-order valence-corrected chi connectivity index (χ2v) is 5.08. The molecule has 0 spiro atoms. The summed E-state index contributed by atoms with van der Waals surface area (Å²) in [6.45, 7) is 5.05. The number of benzene rings is 1. The fourth-order valence-corrected chi connectivity index (χ4v) is 1.79. The molecule has 0 aromatic heterocycles. The lowest BCUT2D eigenvalue weighted by Crippen LogP contribution is -2.01. The van der Waals surface area contributed by atoms with E-state index in [1.165, 1.54) is 5.56 Å².